The molecule has 1 aromatic carbocycles. The fraction of sp³-hybridized carbons (Fsp3) is 0.200. The van der Waals surface area contributed by atoms with Gasteiger partial charge >= 0.3 is 5.97 Å². The number of nitrogens with zero attached hydrogens (tertiary/aromatic N) is 1. The monoisotopic (exact) mass is 322 g/mol. The number of rotatable bonds is 6. The molecule has 2 rings (SSSR count). The predicted octanol–water partition coefficient (Wildman–Crippen LogP) is 3.09. The van der Waals surface area contributed by atoms with E-state index in [2.05, 4.69) is 4.99 Å². The number of furan rings is 1. The van der Waals surface area contributed by atoms with E-state index in [1.54, 1.807) is 12.1 Å². The third-order valence-corrected chi connectivity index (χ3v) is 3.03. The van der Waals surface area contributed by atoms with Gasteiger partial charge in [-0.3, -0.25) is 0 Å². The SMILES string of the molecule is Cc1ccc(OCc2ccc(C(=O)O)o2)c(N=C(N)CCl)c1. The van der Waals surface area contributed by atoms with Crippen molar-refractivity contribution in [2.24, 2.45) is 10.7 Å². The summed E-state index contributed by atoms with van der Waals surface area (Å²) in [7, 11) is 0. The van der Waals surface area contributed by atoms with Crippen molar-refractivity contribution in [2.75, 3.05) is 5.88 Å². The molecule has 0 aliphatic rings. The molecule has 0 saturated heterocycles. The Kier molecular flexibility index (Phi) is 5.06. The Morgan fingerprint density at radius 3 is 2.82 bits per heavy atom. The first kappa shape index (κ1) is 15.9. The van der Waals surface area contributed by atoms with Crippen molar-refractivity contribution >= 4 is 29.1 Å². The van der Waals surface area contributed by atoms with Gasteiger partial charge in [-0.05, 0) is 36.8 Å². The van der Waals surface area contributed by atoms with E-state index in [1.807, 2.05) is 19.1 Å². The molecule has 116 valence electrons. The maximum atomic E-state index is 10.8. The molecule has 2 aromatic rings. The molecule has 0 fully saturated rings. The lowest BCUT2D eigenvalue weighted by Crippen LogP contribution is -2.12. The lowest BCUT2D eigenvalue weighted by Gasteiger charge is -2.09. The molecule has 0 unspecified atom stereocenters. The molecule has 7 heteroatoms. The van der Waals surface area contributed by atoms with Crippen LogP contribution in [-0.2, 0) is 6.61 Å². The van der Waals surface area contributed by atoms with E-state index in [0.29, 0.717) is 17.2 Å². The normalized spacial score (nSPS) is 11.5. The molecule has 0 aliphatic heterocycles. The Morgan fingerprint density at radius 1 is 1.41 bits per heavy atom. The highest BCUT2D eigenvalue weighted by molar-refractivity contribution is 6.28. The number of carboxylic acid groups (broad SMARTS) is 1. The van der Waals surface area contributed by atoms with Crippen molar-refractivity contribution in [2.45, 2.75) is 13.5 Å². The summed E-state index contributed by atoms with van der Waals surface area (Å²) in [5.74, 6) is 0.0513. The molecule has 0 spiro atoms. The van der Waals surface area contributed by atoms with Crippen LogP contribution in [0.1, 0.15) is 21.9 Å². The zero-order valence-corrected chi connectivity index (χ0v) is 12.6. The number of amidine groups is 1. The molecule has 0 radical (unpaired) electrons. The zero-order chi connectivity index (χ0) is 16.1. The van der Waals surface area contributed by atoms with Crippen molar-refractivity contribution in [1.82, 2.24) is 0 Å². The number of hydrogen-bond donors (Lipinski definition) is 2. The highest BCUT2D eigenvalue weighted by atomic mass is 35.5. The minimum atomic E-state index is -1.12. The van der Waals surface area contributed by atoms with Gasteiger partial charge in [0.05, 0.1) is 5.88 Å². The second-order valence-electron chi connectivity index (χ2n) is 4.57. The number of alkyl halides is 1. The molecule has 1 aromatic heterocycles. The van der Waals surface area contributed by atoms with Crippen molar-refractivity contribution in [3.8, 4) is 5.75 Å². The Hall–Kier alpha value is -2.47. The average Bonchev–Trinajstić information content (AvgIpc) is 2.95. The summed E-state index contributed by atoms with van der Waals surface area (Å²) in [6, 6.07) is 8.38. The first-order valence-corrected chi connectivity index (χ1v) is 6.97. The number of benzene rings is 1. The van der Waals surface area contributed by atoms with Crippen molar-refractivity contribution in [3.05, 3.63) is 47.4 Å². The van der Waals surface area contributed by atoms with Gasteiger partial charge in [-0.1, -0.05) is 6.07 Å². The molecule has 1 heterocycles. The molecular formula is C15H15ClN2O4. The molecule has 0 saturated carbocycles. The molecule has 0 atom stereocenters. The number of carbonyl (C=O) groups is 1. The highest BCUT2D eigenvalue weighted by Crippen LogP contribution is 2.29. The van der Waals surface area contributed by atoms with E-state index in [-0.39, 0.29) is 24.1 Å². The number of carboxylic acids is 1. The van der Waals surface area contributed by atoms with Crippen LogP contribution in [0.5, 0.6) is 5.75 Å². The molecule has 22 heavy (non-hydrogen) atoms. The van der Waals surface area contributed by atoms with Gasteiger partial charge in [-0.2, -0.15) is 0 Å². The summed E-state index contributed by atoms with van der Waals surface area (Å²) in [5, 5.41) is 8.81. The minimum absolute atomic E-state index is 0.0830. The third-order valence-electron chi connectivity index (χ3n) is 2.76. The molecular weight excluding hydrogens is 308 g/mol. The van der Waals surface area contributed by atoms with Crippen LogP contribution in [-0.4, -0.2) is 22.8 Å². The summed E-state index contributed by atoms with van der Waals surface area (Å²) in [5.41, 5.74) is 7.20. The molecule has 0 aliphatic carbocycles. The maximum absolute atomic E-state index is 10.8. The van der Waals surface area contributed by atoms with Crippen LogP contribution in [0.4, 0.5) is 5.69 Å². The Bertz CT molecular complexity index is 709. The number of nitrogens with two attached hydrogens (primary N) is 1. The Balaban J connectivity index is 2.16. The van der Waals surface area contributed by atoms with Crippen LogP contribution in [0, 0.1) is 6.92 Å². The number of aliphatic imine (C=N–C) groups is 1. The smallest absolute Gasteiger partial charge is 0.371 e. The van der Waals surface area contributed by atoms with Crippen LogP contribution in [0.15, 0.2) is 39.7 Å². The van der Waals surface area contributed by atoms with Crippen LogP contribution in [0.2, 0.25) is 0 Å². The molecule has 0 amide bonds. The summed E-state index contributed by atoms with van der Waals surface area (Å²) in [6.45, 7) is 2.00. The largest absolute Gasteiger partial charge is 0.483 e. The number of halogens is 1. The van der Waals surface area contributed by atoms with E-state index in [1.165, 1.54) is 6.07 Å². The van der Waals surface area contributed by atoms with E-state index >= 15 is 0 Å². The fourth-order valence-corrected chi connectivity index (χ4v) is 1.80. The standard InChI is InChI=1S/C15H15ClN2O4/c1-9-2-4-12(11(6-9)18-14(17)7-16)21-8-10-3-5-13(22-10)15(19)20/h2-6H,7-8H2,1H3,(H2,17,18)(H,19,20). The minimum Gasteiger partial charge on any atom is -0.483 e. The third kappa shape index (κ3) is 4.02. The number of hydrogen-bond acceptors (Lipinski definition) is 4. The predicted molar refractivity (Wildman–Crippen MR) is 83.2 cm³/mol. The van der Waals surface area contributed by atoms with Gasteiger partial charge in [-0.25, -0.2) is 9.79 Å². The Labute approximate surface area is 132 Å². The van der Waals surface area contributed by atoms with E-state index < -0.39 is 5.97 Å². The topological polar surface area (TPSA) is 98.0 Å². The van der Waals surface area contributed by atoms with Crippen LogP contribution in [0.25, 0.3) is 0 Å². The van der Waals surface area contributed by atoms with Crippen LogP contribution >= 0.6 is 11.6 Å². The summed E-state index contributed by atoms with van der Waals surface area (Å²) >= 11 is 5.63. The lowest BCUT2D eigenvalue weighted by atomic mass is 10.2. The second-order valence-corrected chi connectivity index (χ2v) is 4.83. The number of aryl methyl sites for hydroxylation is 1. The van der Waals surface area contributed by atoms with Gasteiger partial charge in [0.15, 0.2) is 0 Å². The van der Waals surface area contributed by atoms with Crippen LogP contribution < -0.4 is 10.5 Å². The average molecular weight is 323 g/mol. The first-order chi connectivity index (χ1) is 10.5. The highest BCUT2D eigenvalue weighted by Gasteiger charge is 2.10. The van der Waals surface area contributed by atoms with Gasteiger partial charge in [0.25, 0.3) is 0 Å². The fourth-order valence-electron chi connectivity index (χ4n) is 1.74. The van der Waals surface area contributed by atoms with E-state index in [9.17, 15) is 4.79 Å². The van der Waals surface area contributed by atoms with Gasteiger partial charge in [0.2, 0.25) is 5.76 Å². The van der Waals surface area contributed by atoms with Gasteiger partial charge in [-0.15, -0.1) is 11.6 Å². The van der Waals surface area contributed by atoms with Crippen LogP contribution in [0.3, 0.4) is 0 Å². The second kappa shape index (κ2) is 7.00. The first-order valence-electron chi connectivity index (χ1n) is 6.44. The molecule has 3 N–H and O–H groups in total. The van der Waals surface area contributed by atoms with E-state index in [0.717, 1.165) is 5.56 Å². The van der Waals surface area contributed by atoms with Crippen molar-refractivity contribution in [3.63, 3.8) is 0 Å². The van der Waals surface area contributed by atoms with Gasteiger partial charge < -0.3 is 20.0 Å². The van der Waals surface area contributed by atoms with E-state index in [4.69, 9.17) is 31.6 Å². The maximum Gasteiger partial charge on any atom is 0.371 e. The zero-order valence-electron chi connectivity index (χ0n) is 11.9. The summed E-state index contributed by atoms with van der Waals surface area (Å²) < 4.78 is 10.8. The number of ether oxygens (including phenoxy) is 1. The Morgan fingerprint density at radius 2 is 2.18 bits per heavy atom. The summed E-state index contributed by atoms with van der Waals surface area (Å²) in [6.07, 6.45) is 0. The van der Waals surface area contributed by atoms with Crippen molar-refractivity contribution in [1.29, 1.82) is 0 Å². The molecule has 6 nitrogen and oxygen atoms in total. The molecule has 0 bridgehead atoms. The quantitative estimate of drug-likeness (QED) is 0.484. The lowest BCUT2D eigenvalue weighted by molar-refractivity contribution is 0.0658. The number of aromatic carboxylic acids is 1. The summed E-state index contributed by atoms with van der Waals surface area (Å²) in [4.78, 5) is 15.0. The van der Waals surface area contributed by atoms with Crippen molar-refractivity contribution < 1.29 is 19.1 Å². The van der Waals surface area contributed by atoms with Gasteiger partial charge in [0.1, 0.15) is 29.6 Å². The van der Waals surface area contributed by atoms with Gasteiger partial charge in [0, 0.05) is 0 Å².